The van der Waals surface area contributed by atoms with Crippen molar-refractivity contribution in [2.24, 2.45) is 11.8 Å². The number of carbonyl (C=O) groups is 4. The second-order valence-electron chi connectivity index (χ2n) is 6.32. The fourth-order valence-corrected chi connectivity index (χ4v) is 3.50. The normalized spacial score (nSPS) is 11.5. The Labute approximate surface area is 187 Å². The van der Waals surface area contributed by atoms with E-state index in [0.29, 0.717) is 25.7 Å². The zero-order valence-corrected chi connectivity index (χ0v) is 21.0. The fourth-order valence-electron chi connectivity index (χ4n) is 1.88. The van der Waals surface area contributed by atoms with Crippen molar-refractivity contribution in [3.63, 3.8) is 0 Å². The van der Waals surface area contributed by atoms with Crippen LogP contribution in [0.3, 0.4) is 0 Å². The fraction of sp³-hybridized carbons (Fsp3) is 0.800. The molecule has 0 bridgehead atoms. The van der Waals surface area contributed by atoms with Crippen LogP contribution in [-0.4, -0.2) is 36.7 Å². The van der Waals surface area contributed by atoms with Crippen molar-refractivity contribution >= 4 is 23.5 Å². The van der Waals surface area contributed by atoms with E-state index in [1.807, 2.05) is 13.8 Å². The van der Waals surface area contributed by atoms with Gasteiger partial charge in [0.05, 0.1) is 23.8 Å². The monoisotopic (exact) mass is 494 g/mol. The molecule has 0 aromatic carbocycles. The van der Waals surface area contributed by atoms with E-state index in [-0.39, 0.29) is 11.6 Å². The molecule has 0 N–H and O–H groups in total. The number of aliphatic carboxylic acids is 2. The van der Waals surface area contributed by atoms with Gasteiger partial charge in [0, 0.05) is 0 Å². The van der Waals surface area contributed by atoms with Gasteiger partial charge in [0.25, 0.3) is 0 Å². The minimum absolute atomic E-state index is 0.318. The van der Waals surface area contributed by atoms with E-state index in [4.69, 9.17) is 5.63 Å². The molecule has 9 heteroatoms. The SMILES string of the molecule is CCCC(C(C)=O)C(=O)[O-].CCCC(C(C)=O)C(=O)[O-].CCC[O][Zr+2][O]CCC. The van der Waals surface area contributed by atoms with Crippen LogP contribution in [0.15, 0.2) is 0 Å². The van der Waals surface area contributed by atoms with Crippen LogP contribution in [0.5, 0.6) is 0 Å². The van der Waals surface area contributed by atoms with Gasteiger partial charge in [-0.25, -0.2) is 0 Å². The number of rotatable bonds is 14. The summed E-state index contributed by atoms with van der Waals surface area (Å²) in [6.45, 7) is 12.2. The third kappa shape index (κ3) is 23.2. The molecule has 168 valence electrons. The maximum absolute atomic E-state index is 10.6. The molecule has 0 spiro atoms. The Hall–Kier alpha value is -0.917. The van der Waals surface area contributed by atoms with Gasteiger partial charge in [-0.1, -0.05) is 26.7 Å². The molecule has 0 aromatic heterocycles. The third-order valence-corrected chi connectivity index (χ3v) is 5.02. The van der Waals surface area contributed by atoms with Crippen molar-refractivity contribution in [3.05, 3.63) is 0 Å². The van der Waals surface area contributed by atoms with Crippen molar-refractivity contribution in [2.45, 2.75) is 80.1 Å². The molecule has 0 fully saturated rings. The Kier molecular flexibility index (Phi) is 26.4. The molecule has 29 heavy (non-hydrogen) atoms. The maximum atomic E-state index is 10.6. The molecule has 8 nitrogen and oxygen atoms in total. The molecule has 0 aromatic rings. The van der Waals surface area contributed by atoms with Gasteiger partial charge in [0.2, 0.25) is 0 Å². The molecule has 0 saturated carbocycles. The van der Waals surface area contributed by atoms with E-state index >= 15 is 0 Å². The molecule has 0 aliphatic rings. The first-order valence-corrected chi connectivity index (χ1v) is 12.0. The zero-order chi connectivity index (χ0) is 23.2. The summed E-state index contributed by atoms with van der Waals surface area (Å²) in [5, 5.41) is 20.4. The molecule has 2 unspecified atom stereocenters. The van der Waals surface area contributed by atoms with Gasteiger partial charge < -0.3 is 19.8 Å². The molecule has 0 rings (SSSR count). The summed E-state index contributed by atoms with van der Waals surface area (Å²) in [6, 6.07) is 0. The van der Waals surface area contributed by atoms with Crippen LogP contribution >= 0.6 is 0 Å². The Morgan fingerprint density at radius 2 is 1.00 bits per heavy atom. The number of ketones is 2. The number of hydrogen-bond donors (Lipinski definition) is 0. The second kappa shape index (κ2) is 23.4. The molecule has 0 radical (unpaired) electrons. The van der Waals surface area contributed by atoms with Crippen LogP contribution in [-0.2, 0) is 48.9 Å². The van der Waals surface area contributed by atoms with Crippen LogP contribution in [0.4, 0.5) is 0 Å². The topological polar surface area (TPSA) is 133 Å². The van der Waals surface area contributed by atoms with Crippen LogP contribution in [0.25, 0.3) is 0 Å². The number of Topliss-reactive ketones (excluding diaryl/α,β-unsaturated/α-hetero) is 2. The predicted octanol–water partition coefficient (Wildman–Crippen LogP) is 1.24. The Morgan fingerprint density at radius 3 is 1.14 bits per heavy atom. The van der Waals surface area contributed by atoms with E-state index in [2.05, 4.69) is 13.8 Å². The molecular weight excluding hydrogens is 459 g/mol. The summed E-state index contributed by atoms with van der Waals surface area (Å²) in [6.07, 6.45) is 4.37. The first-order chi connectivity index (χ1) is 13.6. The first kappa shape index (κ1) is 32.7. The van der Waals surface area contributed by atoms with Crippen LogP contribution in [0.1, 0.15) is 80.1 Å². The van der Waals surface area contributed by atoms with Gasteiger partial charge >= 0.3 is 69.6 Å². The summed E-state index contributed by atoms with van der Waals surface area (Å²) in [5.74, 6) is -4.94. The number of carboxylic acids is 2. The zero-order valence-electron chi connectivity index (χ0n) is 18.6. The van der Waals surface area contributed by atoms with Gasteiger partial charge in [0.15, 0.2) is 0 Å². The molecular formula is C20H36O8Zr. The van der Waals surface area contributed by atoms with Gasteiger partial charge in [-0.05, 0) is 26.7 Å². The summed E-state index contributed by atoms with van der Waals surface area (Å²) < 4.78 is 10.5. The molecule has 0 aliphatic carbocycles. The molecule has 0 heterocycles. The molecule has 0 aliphatic heterocycles. The Morgan fingerprint density at radius 1 is 0.690 bits per heavy atom. The van der Waals surface area contributed by atoms with Crippen molar-refractivity contribution in [2.75, 3.05) is 13.2 Å². The summed E-state index contributed by atoms with van der Waals surface area (Å²) in [4.78, 5) is 41.5. The van der Waals surface area contributed by atoms with Gasteiger partial charge in [0.1, 0.15) is 11.6 Å². The minimum atomic E-state index is -1.26. The van der Waals surface area contributed by atoms with Gasteiger partial charge in [-0.3, -0.25) is 9.59 Å². The van der Waals surface area contributed by atoms with E-state index in [1.54, 1.807) is 0 Å². The van der Waals surface area contributed by atoms with E-state index in [0.717, 1.165) is 26.1 Å². The summed E-state index contributed by atoms with van der Waals surface area (Å²) in [5.41, 5.74) is 0. The number of carboxylic acid groups (broad SMARTS) is 2. The van der Waals surface area contributed by atoms with Gasteiger partial charge in [-0.2, -0.15) is 0 Å². The molecule has 0 saturated heterocycles. The average molecular weight is 496 g/mol. The summed E-state index contributed by atoms with van der Waals surface area (Å²) in [7, 11) is 0. The van der Waals surface area contributed by atoms with Crippen molar-refractivity contribution < 1.29 is 59.1 Å². The first-order valence-electron chi connectivity index (χ1n) is 10.0. The van der Waals surface area contributed by atoms with Crippen LogP contribution in [0, 0.1) is 11.8 Å². The Bertz CT molecular complexity index is 386. The number of carbonyl (C=O) groups excluding carboxylic acids is 4. The molecule has 0 amide bonds. The summed E-state index contributed by atoms with van der Waals surface area (Å²) >= 11 is -0.851. The van der Waals surface area contributed by atoms with Crippen molar-refractivity contribution in [1.29, 1.82) is 0 Å². The third-order valence-electron chi connectivity index (χ3n) is 3.44. The average Bonchev–Trinajstić information content (AvgIpc) is 2.64. The van der Waals surface area contributed by atoms with E-state index in [1.165, 1.54) is 13.8 Å². The van der Waals surface area contributed by atoms with Crippen molar-refractivity contribution in [1.82, 2.24) is 0 Å². The van der Waals surface area contributed by atoms with Crippen LogP contribution < -0.4 is 10.2 Å². The van der Waals surface area contributed by atoms with Gasteiger partial charge in [-0.15, -0.1) is 0 Å². The van der Waals surface area contributed by atoms with Crippen molar-refractivity contribution in [3.8, 4) is 0 Å². The van der Waals surface area contributed by atoms with Crippen LogP contribution in [0.2, 0.25) is 0 Å². The standard InChI is InChI=1S/2C7H12O3.2C3H7O.Zr/c2*1-3-4-6(5(2)8)7(9)10;2*1-2-3-4;/h2*6H,3-4H2,1-2H3,(H,9,10);2*2-3H2,1H3;/q;;2*-1;+4/p-2. The number of hydrogen-bond acceptors (Lipinski definition) is 8. The molecule has 2 atom stereocenters. The van der Waals surface area contributed by atoms with E-state index < -0.39 is 47.9 Å². The predicted molar refractivity (Wildman–Crippen MR) is 101 cm³/mol. The Balaban J connectivity index is -0.000000350. The quantitative estimate of drug-likeness (QED) is 0.260. The van der Waals surface area contributed by atoms with E-state index in [9.17, 15) is 29.4 Å². The second-order valence-corrected chi connectivity index (χ2v) is 8.15.